The van der Waals surface area contributed by atoms with Crippen molar-refractivity contribution >= 4 is 24.0 Å². The Morgan fingerprint density at radius 2 is 1.92 bits per heavy atom. The fourth-order valence-electron chi connectivity index (χ4n) is 2.20. The highest BCUT2D eigenvalue weighted by Crippen LogP contribution is 2.15. The summed E-state index contributed by atoms with van der Waals surface area (Å²) in [7, 11) is 0. The van der Waals surface area contributed by atoms with Crippen LogP contribution in [0.25, 0.3) is 0 Å². The number of alkyl halides is 2. The number of nitrogens with one attached hydrogen (secondary N) is 1. The van der Waals surface area contributed by atoms with Gasteiger partial charge >= 0.3 is 0 Å². The number of carbonyl (C=O) groups is 1. The monoisotopic (exact) mass is 370 g/mol. The zero-order valence-corrected chi connectivity index (χ0v) is 14.4. The van der Waals surface area contributed by atoms with E-state index in [1.54, 1.807) is 30.3 Å². The molecule has 3 N–H and O–H groups in total. The number of hydrogen-bond acceptors (Lipinski definition) is 3. The minimum Gasteiger partial charge on any atom is -0.488 e. The van der Waals surface area contributed by atoms with Gasteiger partial charge in [0, 0.05) is 18.7 Å². The van der Waals surface area contributed by atoms with E-state index in [2.05, 4.69) is 5.32 Å². The number of amides is 1. The molecular weight excluding hydrogens is 350 g/mol. The summed E-state index contributed by atoms with van der Waals surface area (Å²) in [5, 5.41) is 2.80. The zero-order valence-electron chi connectivity index (χ0n) is 13.6. The highest BCUT2D eigenvalue weighted by molar-refractivity contribution is 5.85. The molecule has 0 aromatic heterocycles. The summed E-state index contributed by atoms with van der Waals surface area (Å²) in [6.45, 7) is -0.330. The summed E-state index contributed by atoms with van der Waals surface area (Å²) in [5.41, 5.74) is 8.24. The van der Waals surface area contributed by atoms with Crippen LogP contribution in [0.2, 0.25) is 0 Å². The van der Waals surface area contributed by atoms with Crippen LogP contribution < -0.4 is 15.8 Å². The van der Waals surface area contributed by atoms with Crippen molar-refractivity contribution in [2.75, 3.05) is 12.3 Å². The molecule has 1 amide bonds. The number of nitrogens with two attached hydrogens (primary N) is 1. The summed E-state index contributed by atoms with van der Waals surface area (Å²) in [6, 6.07) is 14.2. The molecule has 136 valence electrons. The third-order valence-corrected chi connectivity index (χ3v) is 3.44. The van der Waals surface area contributed by atoms with Crippen molar-refractivity contribution in [3.05, 3.63) is 59.7 Å². The molecule has 0 aliphatic carbocycles. The average molecular weight is 371 g/mol. The second kappa shape index (κ2) is 10.5. The second-order valence-corrected chi connectivity index (χ2v) is 5.33. The van der Waals surface area contributed by atoms with E-state index in [1.807, 2.05) is 18.2 Å². The molecule has 0 radical (unpaired) electrons. The molecule has 25 heavy (non-hydrogen) atoms. The highest BCUT2D eigenvalue weighted by atomic mass is 35.5. The number of benzene rings is 2. The van der Waals surface area contributed by atoms with Crippen LogP contribution >= 0.6 is 12.4 Å². The zero-order chi connectivity index (χ0) is 17.4. The van der Waals surface area contributed by atoms with E-state index in [0.717, 1.165) is 11.1 Å². The van der Waals surface area contributed by atoms with Gasteiger partial charge in [0.05, 0.1) is 0 Å². The standard InChI is InChI=1S/C18H20F2N2O2.ClH/c19-17(20)12-24-15-6-3-4-13(10-15)11-22-18(23)9-8-14-5-1-2-7-16(14)21;/h1-7,10,17H,8-9,11-12,21H2,(H,22,23);1H. The van der Waals surface area contributed by atoms with Gasteiger partial charge in [-0.2, -0.15) is 0 Å². The largest absolute Gasteiger partial charge is 0.488 e. The van der Waals surface area contributed by atoms with E-state index >= 15 is 0 Å². The summed E-state index contributed by atoms with van der Waals surface area (Å²) < 4.78 is 29.2. The van der Waals surface area contributed by atoms with E-state index in [4.69, 9.17) is 10.5 Å². The topological polar surface area (TPSA) is 64.4 Å². The number of rotatable bonds is 8. The number of halogens is 3. The fourth-order valence-corrected chi connectivity index (χ4v) is 2.20. The van der Waals surface area contributed by atoms with Gasteiger partial charge in [-0.05, 0) is 35.7 Å². The van der Waals surface area contributed by atoms with Crippen molar-refractivity contribution in [1.82, 2.24) is 5.32 Å². The van der Waals surface area contributed by atoms with Crippen LogP contribution in [-0.4, -0.2) is 18.9 Å². The Morgan fingerprint density at radius 1 is 1.16 bits per heavy atom. The number of carbonyl (C=O) groups excluding carboxylic acids is 1. The molecule has 0 heterocycles. The fraction of sp³-hybridized carbons (Fsp3) is 0.278. The van der Waals surface area contributed by atoms with E-state index in [-0.39, 0.29) is 18.3 Å². The number of aryl methyl sites for hydroxylation is 1. The van der Waals surface area contributed by atoms with Crippen molar-refractivity contribution in [2.45, 2.75) is 25.8 Å². The number of anilines is 1. The lowest BCUT2D eigenvalue weighted by Crippen LogP contribution is -2.23. The predicted octanol–water partition coefficient (Wildman–Crippen LogP) is 3.58. The van der Waals surface area contributed by atoms with Crippen LogP contribution in [-0.2, 0) is 17.8 Å². The summed E-state index contributed by atoms with van der Waals surface area (Å²) in [5.74, 6) is 0.260. The first-order valence-electron chi connectivity index (χ1n) is 7.64. The Labute approximate surface area is 151 Å². The summed E-state index contributed by atoms with van der Waals surface area (Å²) in [4.78, 5) is 11.9. The van der Waals surface area contributed by atoms with Gasteiger partial charge in [-0.1, -0.05) is 30.3 Å². The number of para-hydroxylation sites is 1. The quantitative estimate of drug-likeness (QED) is 0.698. The molecule has 2 aromatic carbocycles. The van der Waals surface area contributed by atoms with E-state index in [9.17, 15) is 13.6 Å². The molecule has 0 aliphatic rings. The smallest absolute Gasteiger partial charge is 0.272 e. The lowest BCUT2D eigenvalue weighted by molar-refractivity contribution is -0.121. The van der Waals surface area contributed by atoms with E-state index < -0.39 is 13.0 Å². The molecule has 0 saturated heterocycles. The molecule has 0 bridgehead atoms. The van der Waals surface area contributed by atoms with Crippen LogP contribution in [0.3, 0.4) is 0 Å². The number of nitrogen functional groups attached to an aromatic ring is 1. The molecule has 0 saturated carbocycles. The first kappa shape index (κ1) is 20.7. The second-order valence-electron chi connectivity index (χ2n) is 5.33. The molecule has 4 nitrogen and oxygen atoms in total. The van der Waals surface area contributed by atoms with Gasteiger partial charge in [0.2, 0.25) is 5.91 Å². The van der Waals surface area contributed by atoms with Crippen LogP contribution in [0.5, 0.6) is 5.75 Å². The van der Waals surface area contributed by atoms with Crippen LogP contribution in [0.1, 0.15) is 17.5 Å². The third-order valence-electron chi connectivity index (χ3n) is 3.44. The molecule has 7 heteroatoms. The maximum atomic E-state index is 12.1. The van der Waals surface area contributed by atoms with Crippen molar-refractivity contribution in [1.29, 1.82) is 0 Å². The van der Waals surface area contributed by atoms with Crippen molar-refractivity contribution in [3.63, 3.8) is 0 Å². The molecule has 0 aliphatic heterocycles. The molecule has 2 aromatic rings. The lowest BCUT2D eigenvalue weighted by Gasteiger charge is -2.09. The molecular formula is C18H21ClF2N2O2. The van der Waals surface area contributed by atoms with Gasteiger partial charge < -0.3 is 15.8 Å². The third kappa shape index (κ3) is 7.39. The van der Waals surface area contributed by atoms with Crippen molar-refractivity contribution < 1.29 is 18.3 Å². The molecule has 2 rings (SSSR count). The Kier molecular flexibility index (Phi) is 8.70. The van der Waals surface area contributed by atoms with Crippen LogP contribution in [0.15, 0.2) is 48.5 Å². The maximum absolute atomic E-state index is 12.1. The average Bonchev–Trinajstić information content (AvgIpc) is 2.58. The Morgan fingerprint density at radius 3 is 2.64 bits per heavy atom. The predicted molar refractivity (Wildman–Crippen MR) is 96.2 cm³/mol. The summed E-state index contributed by atoms with van der Waals surface area (Å²) in [6.07, 6.45) is -1.62. The van der Waals surface area contributed by atoms with E-state index in [0.29, 0.717) is 30.8 Å². The number of ether oxygens (including phenoxy) is 1. The van der Waals surface area contributed by atoms with E-state index in [1.165, 1.54) is 0 Å². The van der Waals surface area contributed by atoms with Crippen molar-refractivity contribution in [3.8, 4) is 5.75 Å². The Bertz CT molecular complexity index is 684. The Balaban J connectivity index is 0.00000312. The number of hydrogen-bond donors (Lipinski definition) is 2. The normalized spacial score (nSPS) is 10.2. The molecule has 0 unspecified atom stereocenters. The minimum atomic E-state index is -2.52. The van der Waals surface area contributed by atoms with Gasteiger partial charge in [-0.15, -0.1) is 12.4 Å². The highest BCUT2D eigenvalue weighted by Gasteiger charge is 2.06. The van der Waals surface area contributed by atoms with Gasteiger partial charge in [-0.3, -0.25) is 4.79 Å². The minimum absolute atomic E-state index is 0. The summed E-state index contributed by atoms with van der Waals surface area (Å²) >= 11 is 0. The van der Waals surface area contributed by atoms with Crippen LogP contribution in [0.4, 0.5) is 14.5 Å². The van der Waals surface area contributed by atoms with Gasteiger partial charge in [0.25, 0.3) is 6.43 Å². The molecule has 0 spiro atoms. The lowest BCUT2D eigenvalue weighted by atomic mass is 10.1. The SMILES string of the molecule is Cl.Nc1ccccc1CCC(=O)NCc1cccc(OCC(F)F)c1. The van der Waals surface area contributed by atoms with Crippen LogP contribution in [0, 0.1) is 0 Å². The first-order valence-corrected chi connectivity index (χ1v) is 7.64. The molecule has 0 atom stereocenters. The van der Waals surface area contributed by atoms with Gasteiger partial charge in [-0.25, -0.2) is 8.78 Å². The van der Waals surface area contributed by atoms with Gasteiger partial charge in [0.15, 0.2) is 0 Å². The van der Waals surface area contributed by atoms with Gasteiger partial charge in [0.1, 0.15) is 12.4 Å². The molecule has 0 fully saturated rings. The van der Waals surface area contributed by atoms with Crippen molar-refractivity contribution in [2.24, 2.45) is 0 Å². The Hall–Kier alpha value is -2.34. The maximum Gasteiger partial charge on any atom is 0.272 e. The first-order chi connectivity index (χ1) is 11.5.